The first-order valence-corrected chi connectivity index (χ1v) is 13.4. The van der Waals surface area contributed by atoms with Gasteiger partial charge in [0.05, 0.1) is 5.52 Å². The third-order valence-electron chi connectivity index (χ3n) is 6.22. The minimum Gasteiger partial charge on any atom is -0.335 e. The number of fused-ring (bicyclic) bond motifs is 1. The summed E-state index contributed by atoms with van der Waals surface area (Å²) < 4.78 is 41.6. The lowest BCUT2D eigenvalue weighted by Gasteiger charge is -2.34. The van der Waals surface area contributed by atoms with Crippen molar-refractivity contribution in [2.24, 2.45) is 0 Å². The van der Waals surface area contributed by atoms with Crippen LogP contribution in [0.5, 0.6) is 0 Å². The zero-order valence-electron chi connectivity index (χ0n) is 20.2. The molecule has 1 aliphatic rings. The molecule has 0 saturated carbocycles. The van der Waals surface area contributed by atoms with Crippen LogP contribution in [-0.2, 0) is 10.0 Å². The third-order valence-corrected chi connectivity index (χ3v) is 7.63. The van der Waals surface area contributed by atoms with Gasteiger partial charge in [-0.05, 0) is 60.7 Å². The van der Waals surface area contributed by atoms with Gasteiger partial charge in [0.15, 0.2) is 0 Å². The van der Waals surface area contributed by atoms with Gasteiger partial charge in [-0.3, -0.25) is 14.5 Å². The largest absolute Gasteiger partial charge is 0.335 e. The van der Waals surface area contributed by atoms with E-state index in [1.807, 2.05) is 0 Å². The summed E-state index contributed by atoms with van der Waals surface area (Å²) in [5.74, 6) is -0.598. The molecule has 4 aromatic rings. The van der Waals surface area contributed by atoms with E-state index in [0.717, 1.165) is 0 Å². The molecule has 0 aliphatic carbocycles. The van der Waals surface area contributed by atoms with Gasteiger partial charge in [-0.25, -0.2) is 17.6 Å². The molecule has 1 saturated heterocycles. The number of anilines is 2. The molecule has 194 valence electrons. The van der Waals surface area contributed by atoms with Crippen molar-refractivity contribution in [1.82, 2.24) is 14.8 Å². The summed E-state index contributed by atoms with van der Waals surface area (Å²) in [5, 5.41) is 3.43. The summed E-state index contributed by atoms with van der Waals surface area (Å²) >= 11 is 0. The van der Waals surface area contributed by atoms with Gasteiger partial charge < -0.3 is 15.1 Å². The monoisotopic (exact) mass is 533 g/mol. The second-order valence-electron chi connectivity index (χ2n) is 8.73. The van der Waals surface area contributed by atoms with Crippen LogP contribution in [0, 0.1) is 5.82 Å². The molecule has 11 heteroatoms. The molecular formula is C27H24FN5O4S. The SMILES string of the molecule is O=C(Nc1ccc(F)cc1)N1CCN(C(=O)c2ccc(NS(=O)(=O)c3cccc4cccnc34)cc2)CC1. The van der Waals surface area contributed by atoms with Crippen molar-refractivity contribution in [2.75, 3.05) is 36.2 Å². The van der Waals surface area contributed by atoms with Crippen LogP contribution in [0.2, 0.25) is 0 Å². The number of nitrogens with one attached hydrogen (secondary N) is 2. The average molecular weight is 534 g/mol. The van der Waals surface area contributed by atoms with Crippen molar-refractivity contribution in [3.8, 4) is 0 Å². The summed E-state index contributed by atoms with van der Waals surface area (Å²) in [4.78, 5) is 33.0. The molecule has 0 radical (unpaired) electrons. The number of urea groups is 1. The highest BCUT2D eigenvalue weighted by molar-refractivity contribution is 7.93. The van der Waals surface area contributed by atoms with Crippen LogP contribution in [0.1, 0.15) is 10.4 Å². The molecule has 0 spiro atoms. The molecule has 5 rings (SSSR count). The molecule has 38 heavy (non-hydrogen) atoms. The summed E-state index contributed by atoms with van der Waals surface area (Å²) in [6, 6.07) is 19.9. The lowest BCUT2D eigenvalue weighted by atomic mass is 10.1. The van der Waals surface area contributed by atoms with Crippen molar-refractivity contribution in [1.29, 1.82) is 0 Å². The molecule has 1 fully saturated rings. The van der Waals surface area contributed by atoms with Crippen molar-refractivity contribution in [3.63, 3.8) is 0 Å². The maximum Gasteiger partial charge on any atom is 0.321 e. The topological polar surface area (TPSA) is 112 Å². The van der Waals surface area contributed by atoms with Gasteiger partial charge in [-0.2, -0.15) is 0 Å². The fraction of sp³-hybridized carbons (Fsp3) is 0.148. The van der Waals surface area contributed by atoms with Gasteiger partial charge >= 0.3 is 6.03 Å². The quantitative estimate of drug-likeness (QED) is 0.400. The molecule has 1 aromatic heterocycles. The van der Waals surface area contributed by atoms with Crippen LogP contribution in [0.15, 0.2) is 90.0 Å². The standard InChI is InChI=1S/C27H24FN5O4S/c28-21-8-12-22(13-9-21)30-27(35)33-17-15-32(16-18-33)26(34)20-6-10-23(11-7-20)31-38(36,37)24-5-1-3-19-4-2-14-29-25(19)24/h1-14,31H,15-18H2,(H,30,35). The fourth-order valence-corrected chi connectivity index (χ4v) is 5.45. The lowest BCUT2D eigenvalue weighted by Crippen LogP contribution is -2.51. The number of sulfonamides is 1. The number of piperazine rings is 1. The number of amides is 3. The molecule has 3 amide bonds. The van der Waals surface area contributed by atoms with Crippen LogP contribution < -0.4 is 10.0 Å². The molecule has 2 N–H and O–H groups in total. The van der Waals surface area contributed by atoms with Crippen molar-refractivity contribution in [3.05, 3.63) is 96.4 Å². The van der Waals surface area contributed by atoms with Crippen LogP contribution in [0.3, 0.4) is 0 Å². The van der Waals surface area contributed by atoms with E-state index >= 15 is 0 Å². The molecule has 1 aliphatic heterocycles. The Morgan fingerprint density at radius 2 is 1.42 bits per heavy atom. The number of halogens is 1. The highest BCUT2D eigenvalue weighted by Crippen LogP contribution is 2.24. The number of nitrogens with zero attached hydrogens (tertiary/aromatic N) is 3. The zero-order chi connectivity index (χ0) is 26.7. The third kappa shape index (κ3) is 5.42. The normalized spacial score (nSPS) is 13.8. The van der Waals surface area contributed by atoms with Crippen LogP contribution in [0.4, 0.5) is 20.6 Å². The van der Waals surface area contributed by atoms with E-state index in [2.05, 4.69) is 15.0 Å². The molecule has 0 bridgehead atoms. The van der Waals surface area contributed by atoms with E-state index in [4.69, 9.17) is 0 Å². The van der Waals surface area contributed by atoms with Crippen LogP contribution >= 0.6 is 0 Å². The number of aromatic nitrogens is 1. The minimum absolute atomic E-state index is 0.0667. The Balaban J connectivity index is 1.19. The number of pyridine rings is 1. The van der Waals surface area contributed by atoms with E-state index in [0.29, 0.717) is 54.0 Å². The number of rotatable bonds is 5. The predicted molar refractivity (Wildman–Crippen MR) is 142 cm³/mol. The molecule has 3 aromatic carbocycles. The number of benzene rings is 3. The Kier molecular flexibility index (Phi) is 6.93. The second kappa shape index (κ2) is 10.5. The Morgan fingerprint density at radius 1 is 0.789 bits per heavy atom. The van der Waals surface area contributed by atoms with Gasteiger partial charge in [0, 0.05) is 54.7 Å². The molecular weight excluding hydrogens is 509 g/mol. The van der Waals surface area contributed by atoms with E-state index < -0.39 is 10.0 Å². The molecule has 0 atom stereocenters. The Hall–Kier alpha value is -4.51. The minimum atomic E-state index is -3.90. The van der Waals surface area contributed by atoms with Crippen LogP contribution in [0.25, 0.3) is 10.9 Å². The second-order valence-corrected chi connectivity index (χ2v) is 10.4. The van der Waals surface area contributed by atoms with Gasteiger partial charge in [0.2, 0.25) is 0 Å². The molecule has 9 nitrogen and oxygen atoms in total. The zero-order valence-corrected chi connectivity index (χ0v) is 21.0. The number of carbonyl (C=O) groups is 2. The first-order chi connectivity index (χ1) is 18.3. The van der Waals surface area contributed by atoms with Gasteiger partial charge in [-0.1, -0.05) is 18.2 Å². The van der Waals surface area contributed by atoms with Crippen molar-refractivity contribution in [2.45, 2.75) is 4.90 Å². The number of para-hydroxylation sites is 1. The summed E-state index contributed by atoms with van der Waals surface area (Å²) in [7, 11) is -3.90. The summed E-state index contributed by atoms with van der Waals surface area (Å²) in [6.07, 6.45) is 1.54. The van der Waals surface area contributed by atoms with E-state index in [9.17, 15) is 22.4 Å². The Morgan fingerprint density at radius 3 is 2.13 bits per heavy atom. The molecule has 2 heterocycles. The summed E-state index contributed by atoms with van der Waals surface area (Å²) in [5.41, 5.74) is 1.59. The summed E-state index contributed by atoms with van der Waals surface area (Å²) in [6.45, 7) is 1.38. The highest BCUT2D eigenvalue weighted by Gasteiger charge is 2.25. The smallest absolute Gasteiger partial charge is 0.321 e. The van der Waals surface area contributed by atoms with Gasteiger partial charge in [0.1, 0.15) is 10.7 Å². The maximum atomic E-state index is 13.1. The fourth-order valence-electron chi connectivity index (χ4n) is 4.22. The average Bonchev–Trinajstić information content (AvgIpc) is 2.94. The van der Waals surface area contributed by atoms with Crippen molar-refractivity contribution < 1.29 is 22.4 Å². The van der Waals surface area contributed by atoms with Gasteiger partial charge in [0.25, 0.3) is 15.9 Å². The highest BCUT2D eigenvalue weighted by atomic mass is 32.2. The number of hydrogen-bond donors (Lipinski definition) is 2. The first kappa shape index (κ1) is 25.2. The Bertz CT molecular complexity index is 1580. The first-order valence-electron chi connectivity index (χ1n) is 11.9. The van der Waals surface area contributed by atoms with E-state index in [1.54, 1.807) is 52.4 Å². The van der Waals surface area contributed by atoms with Gasteiger partial charge in [-0.15, -0.1) is 0 Å². The van der Waals surface area contributed by atoms with Crippen molar-refractivity contribution >= 4 is 44.2 Å². The lowest BCUT2D eigenvalue weighted by molar-refractivity contribution is 0.0671. The number of carbonyl (C=O) groups excluding carboxylic acids is 2. The maximum absolute atomic E-state index is 13.1. The van der Waals surface area contributed by atoms with Crippen LogP contribution in [-0.4, -0.2) is 61.3 Å². The number of hydrogen-bond acceptors (Lipinski definition) is 5. The molecule has 0 unspecified atom stereocenters. The van der Waals surface area contributed by atoms with E-state index in [-0.39, 0.29) is 22.7 Å². The van der Waals surface area contributed by atoms with E-state index in [1.165, 1.54) is 42.5 Å². The predicted octanol–water partition coefficient (Wildman–Crippen LogP) is 4.16. The Labute approximate surface area is 218 Å².